The molecule has 230 valence electrons. The molecule has 0 fully saturated rings. The summed E-state index contributed by atoms with van der Waals surface area (Å²) >= 11 is 0. The van der Waals surface area contributed by atoms with E-state index in [1.807, 2.05) is 83.1 Å². The summed E-state index contributed by atoms with van der Waals surface area (Å²) in [6.07, 6.45) is 2.69. The number of hydrogen-bond acceptors (Lipinski definition) is 6. The normalized spacial score (nSPS) is 14.5. The first-order chi connectivity index (χ1) is 17.6. The van der Waals surface area contributed by atoms with Gasteiger partial charge in [0.1, 0.15) is 13.2 Å². The average molecular weight is 558 g/mol. The van der Waals surface area contributed by atoms with Gasteiger partial charge in [-0.25, -0.2) is 0 Å². The first-order valence-electron chi connectivity index (χ1n) is 14.4. The van der Waals surface area contributed by atoms with E-state index in [0.29, 0.717) is 32.5 Å². The lowest BCUT2D eigenvalue weighted by molar-refractivity contribution is -0.132. The summed E-state index contributed by atoms with van der Waals surface area (Å²) in [6, 6.07) is 0. The third kappa shape index (κ3) is 21.8. The molecular formula is C30H59N3O6. The summed E-state index contributed by atoms with van der Waals surface area (Å²) in [5.41, 5.74) is -1.45. The minimum atomic E-state index is -0.404. The molecule has 2 atom stereocenters. The SMILES string of the molecule is CC(CNC(=O)COC(C)(C)C)C(C)CC(=O)NCCCC(C)(C)OCCC(C)(C)NC(=O)COC(C)(C)C. The van der Waals surface area contributed by atoms with Crippen molar-refractivity contribution in [3.63, 3.8) is 0 Å². The maximum absolute atomic E-state index is 12.4. The Morgan fingerprint density at radius 1 is 0.667 bits per heavy atom. The monoisotopic (exact) mass is 557 g/mol. The van der Waals surface area contributed by atoms with Crippen LogP contribution in [0.5, 0.6) is 0 Å². The number of carbonyl (C=O) groups excluding carboxylic acids is 3. The first-order valence-corrected chi connectivity index (χ1v) is 14.4. The van der Waals surface area contributed by atoms with Crippen LogP contribution in [0.1, 0.15) is 109 Å². The van der Waals surface area contributed by atoms with E-state index in [9.17, 15) is 14.4 Å². The van der Waals surface area contributed by atoms with Crippen LogP contribution in [-0.4, -0.2) is 73.0 Å². The van der Waals surface area contributed by atoms with Gasteiger partial charge in [-0.2, -0.15) is 0 Å². The fourth-order valence-electron chi connectivity index (χ4n) is 3.53. The maximum Gasteiger partial charge on any atom is 0.246 e. The zero-order chi connectivity index (χ0) is 30.5. The minimum absolute atomic E-state index is 0.0170. The van der Waals surface area contributed by atoms with Crippen molar-refractivity contribution >= 4 is 17.7 Å². The molecule has 0 heterocycles. The Kier molecular flexibility index (Phi) is 15.8. The van der Waals surface area contributed by atoms with Crippen molar-refractivity contribution in [2.75, 3.05) is 32.9 Å². The molecule has 3 N–H and O–H groups in total. The molecule has 3 amide bonds. The van der Waals surface area contributed by atoms with Gasteiger partial charge in [0.05, 0.1) is 16.8 Å². The number of hydrogen-bond donors (Lipinski definition) is 3. The van der Waals surface area contributed by atoms with Crippen LogP contribution in [0.3, 0.4) is 0 Å². The van der Waals surface area contributed by atoms with Crippen LogP contribution < -0.4 is 16.0 Å². The Morgan fingerprint density at radius 2 is 1.21 bits per heavy atom. The van der Waals surface area contributed by atoms with E-state index >= 15 is 0 Å². The highest BCUT2D eigenvalue weighted by Gasteiger charge is 2.25. The molecular weight excluding hydrogens is 498 g/mol. The van der Waals surface area contributed by atoms with Crippen LogP contribution in [0.2, 0.25) is 0 Å². The molecule has 0 aromatic carbocycles. The summed E-state index contributed by atoms with van der Waals surface area (Å²) in [5.74, 6) is 0.0453. The maximum atomic E-state index is 12.4. The number of rotatable bonds is 18. The Morgan fingerprint density at radius 3 is 1.74 bits per heavy atom. The highest BCUT2D eigenvalue weighted by Crippen LogP contribution is 2.19. The van der Waals surface area contributed by atoms with Gasteiger partial charge in [-0.05, 0) is 100 Å². The van der Waals surface area contributed by atoms with Crippen molar-refractivity contribution in [3.8, 4) is 0 Å². The van der Waals surface area contributed by atoms with E-state index < -0.39 is 5.54 Å². The number of amides is 3. The lowest BCUT2D eigenvalue weighted by Crippen LogP contribution is -2.47. The summed E-state index contributed by atoms with van der Waals surface area (Å²) in [7, 11) is 0. The highest BCUT2D eigenvalue weighted by atomic mass is 16.5. The van der Waals surface area contributed by atoms with Gasteiger partial charge in [-0.15, -0.1) is 0 Å². The van der Waals surface area contributed by atoms with Gasteiger partial charge in [-0.3, -0.25) is 14.4 Å². The average Bonchev–Trinajstić information content (AvgIpc) is 2.76. The van der Waals surface area contributed by atoms with E-state index in [1.165, 1.54) is 0 Å². The second kappa shape index (κ2) is 16.5. The van der Waals surface area contributed by atoms with Gasteiger partial charge in [0.2, 0.25) is 17.7 Å². The molecule has 0 saturated heterocycles. The largest absolute Gasteiger partial charge is 0.375 e. The predicted molar refractivity (Wildman–Crippen MR) is 156 cm³/mol. The molecule has 0 aliphatic carbocycles. The Labute approximate surface area is 238 Å². The molecule has 0 aliphatic heterocycles. The van der Waals surface area contributed by atoms with Crippen molar-refractivity contribution in [2.45, 2.75) is 131 Å². The minimum Gasteiger partial charge on any atom is -0.375 e. The zero-order valence-corrected chi connectivity index (χ0v) is 27.0. The lowest BCUT2D eigenvalue weighted by Gasteiger charge is -2.31. The van der Waals surface area contributed by atoms with E-state index in [4.69, 9.17) is 14.2 Å². The van der Waals surface area contributed by atoms with Crippen molar-refractivity contribution < 1.29 is 28.6 Å². The van der Waals surface area contributed by atoms with Crippen molar-refractivity contribution in [2.24, 2.45) is 11.8 Å². The Balaban J connectivity index is 4.19. The third-order valence-electron chi connectivity index (χ3n) is 6.35. The molecule has 0 spiro atoms. The van der Waals surface area contributed by atoms with Gasteiger partial charge in [0, 0.05) is 31.7 Å². The number of carbonyl (C=O) groups is 3. The fraction of sp³-hybridized carbons (Fsp3) is 0.900. The van der Waals surface area contributed by atoms with Crippen LogP contribution in [0.25, 0.3) is 0 Å². The number of ether oxygens (including phenoxy) is 3. The molecule has 0 bridgehead atoms. The second-order valence-corrected chi connectivity index (χ2v) is 14.0. The molecule has 0 radical (unpaired) electrons. The molecule has 39 heavy (non-hydrogen) atoms. The van der Waals surface area contributed by atoms with Crippen molar-refractivity contribution in [1.82, 2.24) is 16.0 Å². The molecule has 9 heteroatoms. The molecule has 9 nitrogen and oxygen atoms in total. The summed E-state index contributed by atoms with van der Waals surface area (Å²) in [6.45, 7) is 25.3. The van der Waals surface area contributed by atoms with Gasteiger partial charge < -0.3 is 30.2 Å². The zero-order valence-electron chi connectivity index (χ0n) is 27.0. The van der Waals surface area contributed by atoms with E-state index in [0.717, 1.165) is 12.8 Å². The molecule has 0 aromatic heterocycles. The third-order valence-corrected chi connectivity index (χ3v) is 6.35. The van der Waals surface area contributed by atoms with Crippen LogP contribution in [-0.2, 0) is 28.6 Å². The molecule has 0 aromatic rings. The summed E-state index contributed by atoms with van der Waals surface area (Å²) < 4.78 is 17.1. The van der Waals surface area contributed by atoms with Gasteiger partial charge in [0.25, 0.3) is 0 Å². The second-order valence-electron chi connectivity index (χ2n) is 14.0. The number of nitrogens with one attached hydrogen (secondary N) is 3. The molecule has 0 rings (SSSR count). The quantitative estimate of drug-likeness (QED) is 0.216. The Hall–Kier alpha value is -1.71. The van der Waals surface area contributed by atoms with Crippen LogP contribution in [0, 0.1) is 11.8 Å². The Bertz CT molecular complexity index is 753. The smallest absolute Gasteiger partial charge is 0.246 e. The standard InChI is InChI=1S/C30H59N3O6/c1-22(23(2)19-32-25(35)20-38-27(3,4)5)18-24(34)31-16-13-14-30(11,12)37-17-15-29(9,10)33-26(36)21-39-28(6,7)8/h22-23H,13-21H2,1-12H3,(H,31,34)(H,32,35)(H,33,36). The topological polar surface area (TPSA) is 115 Å². The molecule has 0 aliphatic rings. The van der Waals surface area contributed by atoms with E-state index in [2.05, 4.69) is 16.0 Å². The summed E-state index contributed by atoms with van der Waals surface area (Å²) in [4.78, 5) is 36.6. The van der Waals surface area contributed by atoms with Crippen LogP contribution in [0.4, 0.5) is 0 Å². The first kappa shape index (κ1) is 37.3. The predicted octanol–water partition coefficient (Wildman–Crippen LogP) is 4.37. The van der Waals surface area contributed by atoms with E-state index in [1.54, 1.807) is 0 Å². The van der Waals surface area contributed by atoms with Crippen LogP contribution >= 0.6 is 0 Å². The highest BCUT2D eigenvalue weighted by molar-refractivity contribution is 5.78. The summed E-state index contributed by atoms with van der Waals surface area (Å²) in [5, 5.41) is 8.90. The van der Waals surface area contributed by atoms with Crippen molar-refractivity contribution in [1.29, 1.82) is 0 Å². The van der Waals surface area contributed by atoms with E-state index in [-0.39, 0.29) is 59.6 Å². The van der Waals surface area contributed by atoms with Crippen LogP contribution in [0.15, 0.2) is 0 Å². The molecule has 2 unspecified atom stereocenters. The van der Waals surface area contributed by atoms with Crippen molar-refractivity contribution in [3.05, 3.63) is 0 Å². The fourth-order valence-corrected chi connectivity index (χ4v) is 3.53. The van der Waals surface area contributed by atoms with Gasteiger partial charge in [0.15, 0.2) is 0 Å². The molecule has 0 saturated carbocycles. The van der Waals surface area contributed by atoms with Gasteiger partial charge >= 0.3 is 0 Å². The lowest BCUT2D eigenvalue weighted by atomic mass is 9.92. The van der Waals surface area contributed by atoms with Gasteiger partial charge in [-0.1, -0.05) is 13.8 Å².